The Morgan fingerprint density at radius 1 is 1.45 bits per heavy atom. The molecule has 0 aliphatic rings. The summed E-state index contributed by atoms with van der Waals surface area (Å²) in [5.41, 5.74) is 1.94. The second-order valence-electron chi connectivity index (χ2n) is 4.59. The van der Waals surface area contributed by atoms with Gasteiger partial charge in [-0.1, -0.05) is 13.0 Å². The van der Waals surface area contributed by atoms with Crippen LogP contribution in [0.1, 0.15) is 29.2 Å². The van der Waals surface area contributed by atoms with Gasteiger partial charge in [-0.2, -0.15) is 0 Å². The molecule has 1 aromatic carbocycles. The van der Waals surface area contributed by atoms with Crippen LogP contribution in [0.3, 0.4) is 0 Å². The van der Waals surface area contributed by atoms with Crippen molar-refractivity contribution >= 4 is 11.3 Å². The number of nitrogens with zero attached hydrogens (tertiary/aromatic N) is 1. The summed E-state index contributed by atoms with van der Waals surface area (Å²) in [6.45, 7) is 4.85. The third-order valence-electron chi connectivity index (χ3n) is 3.07. The Morgan fingerprint density at radius 2 is 2.25 bits per heavy atom. The number of aryl methyl sites for hydroxylation is 1. The number of hydrogen-bond acceptors (Lipinski definition) is 4. The van der Waals surface area contributed by atoms with E-state index in [1.807, 2.05) is 25.3 Å². The molecule has 108 valence electrons. The highest BCUT2D eigenvalue weighted by Gasteiger charge is 2.15. The first kappa shape index (κ1) is 14.9. The maximum absolute atomic E-state index is 13.8. The van der Waals surface area contributed by atoms with Crippen LogP contribution in [0.5, 0.6) is 5.75 Å². The Hall–Kier alpha value is -1.46. The zero-order valence-corrected chi connectivity index (χ0v) is 12.8. The minimum Gasteiger partial charge on any atom is -0.494 e. The zero-order chi connectivity index (χ0) is 14.5. The first-order valence-electron chi connectivity index (χ1n) is 6.61. The Kier molecular flexibility index (Phi) is 5.09. The molecule has 3 nitrogen and oxygen atoms in total. The van der Waals surface area contributed by atoms with E-state index >= 15 is 0 Å². The Labute approximate surface area is 122 Å². The molecule has 0 saturated carbocycles. The van der Waals surface area contributed by atoms with E-state index in [2.05, 4.69) is 10.3 Å². The average molecular weight is 294 g/mol. The summed E-state index contributed by atoms with van der Waals surface area (Å²) in [6.07, 6.45) is 0.762. The van der Waals surface area contributed by atoms with Crippen LogP contribution in [-0.2, 0) is 6.42 Å². The lowest BCUT2D eigenvalue weighted by molar-refractivity contribution is 0.385. The molecule has 1 atom stereocenters. The molecule has 2 aromatic rings. The molecule has 0 bridgehead atoms. The normalized spacial score (nSPS) is 12.4. The van der Waals surface area contributed by atoms with Crippen molar-refractivity contribution in [1.29, 1.82) is 0 Å². The summed E-state index contributed by atoms with van der Waals surface area (Å²) >= 11 is 1.64. The predicted molar refractivity (Wildman–Crippen MR) is 79.9 cm³/mol. The van der Waals surface area contributed by atoms with Crippen LogP contribution in [0, 0.1) is 12.7 Å². The lowest BCUT2D eigenvalue weighted by Gasteiger charge is -2.18. The molecule has 0 aliphatic carbocycles. The predicted octanol–water partition coefficient (Wildman–Crippen LogP) is 3.49. The van der Waals surface area contributed by atoms with Gasteiger partial charge < -0.3 is 10.1 Å². The van der Waals surface area contributed by atoms with Crippen LogP contribution in [0.15, 0.2) is 23.6 Å². The Balaban J connectivity index is 2.21. The van der Waals surface area contributed by atoms with E-state index in [1.54, 1.807) is 17.4 Å². The standard InChI is InChI=1S/C15H19FN2OS/c1-4-17-13(8-15-18-10(2)9-20-15)11-5-6-14(19-3)12(16)7-11/h5-7,9,13,17H,4,8H2,1-3H3. The monoisotopic (exact) mass is 294 g/mol. The van der Waals surface area contributed by atoms with E-state index in [9.17, 15) is 4.39 Å². The van der Waals surface area contributed by atoms with Gasteiger partial charge >= 0.3 is 0 Å². The quantitative estimate of drug-likeness (QED) is 0.885. The van der Waals surface area contributed by atoms with Crippen LogP contribution in [0.2, 0.25) is 0 Å². The minimum absolute atomic E-state index is 0.0611. The van der Waals surface area contributed by atoms with Crippen LogP contribution >= 0.6 is 11.3 Å². The average Bonchev–Trinajstić information content (AvgIpc) is 2.83. The second kappa shape index (κ2) is 6.81. The van der Waals surface area contributed by atoms with Gasteiger partial charge in [0.15, 0.2) is 11.6 Å². The van der Waals surface area contributed by atoms with Crippen molar-refractivity contribution in [3.8, 4) is 5.75 Å². The van der Waals surface area contributed by atoms with Crippen molar-refractivity contribution < 1.29 is 9.13 Å². The number of methoxy groups -OCH3 is 1. The fourth-order valence-corrected chi connectivity index (χ4v) is 2.94. The van der Waals surface area contributed by atoms with Gasteiger partial charge in [0.2, 0.25) is 0 Å². The summed E-state index contributed by atoms with van der Waals surface area (Å²) in [5.74, 6) is -0.0580. The van der Waals surface area contributed by atoms with Gasteiger partial charge in [-0.25, -0.2) is 9.37 Å². The first-order chi connectivity index (χ1) is 9.63. The van der Waals surface area contributed by atoms with Gasteiger partial charge in [-0.15, -0.1) is 11.3 Å². The number of aromatic nitrogens is 1. The molecule has 1 unspecified atom stereocenters. The number of thiazole rings is 1. The fraction of sp³-hybridized carbons (Fsp3) is 0.400. The minimum atomic E-state index is -0.330. The molecule has 0 spiro atoms. The van der Waals surface area contributed by atoms with Crippen LogP contribution in [0.4, 0.5) is 4.39 Å². The molecule has 1 heterocycles. The third-order valence-corrected chi connectivity index (χ3v) is 4.06. The lowest BCUT2D eigenvalue weighted by Crippen LogP contribution is -2.23. The summed E-state index contributed by atoms with van der Waals surface area (Å²) < 4.78 is 18.8. The fourth-order valence-electron chi connectivity index (χ4n) is 2.12. The number of nitrogens with one attached hydrogen (secondary N) is 1. The van der Waals surface area contributed by atoms with Crippen LogP contribution in [0.25, 0.3) is 0 Å². The lowest BCUT2D eigenvalue weighted by atomic mass is 10.0. The van der Waals surface area contributed by atoms with E-state index in [4.69, 9.17) is 4.74 Å². The molecular formula is C15H19FN2OS. The molecule has 1 N–H and O–H groups in total. The number of ether oxygens (including phenoxy) is 1. The molecule has 0 fully saturated rings. The van der Waals surface area contributed by atoms with Gasteiger partial charge in [0, 0.05) is 23.5 Å². The van der Waals surface area contributed by atoms with Crippen molar-refractivity contribution in [3.05, 3.63) is 45.7 Å². The second-order valence-corrected chi connectivity index (χ2v) is 5.53. The highest BCUT2D eigenvalue weighted by atomic mass is 32.1. The molecule has 0 amide bonds. The van der Waals surface area contributed by atoms with Gasteiger partial charge in [0.25, 0.3) is 0 Å². The van der Waals surface area contributed by atoms with Crippen LogP contribution < -0.4 is 10.1 Å². The molecule has 5 heteroatoms. The third kappa shape index (κ3) is 3.55. The topological polar surface area (TPSA) is 34.2 Å². The summed E-state index contributed by atoms with van der Waals surface area (Å²) in [6, 6.07) is 5.16. The molecule has 0 radical (unpaired) electrons. The van der Waals surface area contributed by atoms with E-state index in [1.165, 1.54) is 13.2 Å². The largest absolute Gasteiger partial charge is 0.494 e. The highest BCUT2D eigenvalue weighted by molar-refractivity contribution is 7.09. The van der Waals surface area contributed by atoms with Crippen molar-refractivity contribution in [2.75, 3.05) is 13.7 Å². The first-order valence-corrected chi connectivity index (χ1v) is 7.49. The zero-order valence-electron chi connectivity index (χ0n) is 11.9. The Bertz CT molecular complexity index is 571. The van der Waals surface area contributed by atoms with E-state index in [0.717, 1.165) is 29.2 Å². The number of benzene rings is 1. The number of halogens is 1. The highest BCUT2D eigenvalue weighted by Crippen LogP contribution is 2.25. The van der Waals surface area contributed by atoms with Gasteiger partial charge in [-0.3, -0.25) is 0 Å². The van der Waals surface area contributed by atoms with Crippen molar-refractivity contribution in [1.82, 2.24) is 10.3 Å². The van der Waals surface area contributed by atoms with E-state index < -0.39 is 0 Å². The molecule has 0 saturated heterocycles. The van der Waals surface area contributed by atoms with Crippen molar-refractivity contribution in [3.63, 3.8) is 0 Å². The van der Waals surface area contributed by atoms with Gasteiger partial charge in [0.1, 0.15) is 0 Å². The number of likely N-dealkylation sites (N-methyl/N-ethyl adjacent to an activating group) is 1. The van der Waals surface area contributed by atoms with Crippen LogP contribution in [-0.4, -0.2) is 18.6 Å². The van der Waals surface area contributed by atoms with Gasteiger partial charge in [-0.05, 0) is 31.2 Å². The molecule has 1 aromatic heterocycles. The maximum Gasteiger partial charge on any atom is 0.165 e. The SMILES string of the molecule is CCNC(Cc1nc(C)cs1)c1ccc(OC)c(F)c1. The molecular weight excluding hydrogens is 275 g/mol. The van der Waals surface area contributed by atoms with Crippen molar-refractivity contribution in [2.45, 2.75) is 26.3 Å². The number of rotatable bonds is 6. The van der Waals surface area contributed by atoms with Crippen molar-refractivity contribution in [2.24, 2.45) is 0 Å². The summed E-state index contributed by atoms with van der Waals surface area (Å²) in [7, 11) is 1.47. The van der Waals surface area contributed by atoms with E-state index in [-0.39, 0.29) is 17.6 Å². The maximum atomic E-state index is 13.8. The summed E-state index contributed by atoms with van der Waals surface area (Å²) in [4.78, 5) is 4.47. The molecule has 2 rings (SSSR count). The number of hydrogen-bond donors (Lipinski definition) is 1. The molecule has 0 aliphatic heterocycles. The Morgan fingerprint density at radius 3 is 2.80 bits per heavy atom. The van der Waals surface area contributed by atoms with E-state index in [0.29, 0.717) is 0 Å². The molecule has 20 heavy (non-hydrogen) atoms. The van der Waals surface area contributed by atoms with Gasteiger partial charge in [0.05, 0.1) is 12.1 Å². The summed E-state index contributed by atoms with van der Waals surface area (Å²) in [5, 5.41) is 6.48. The smallest absolute Gasteiger partial charge is 0.165 e.